The van der Waals surface area contributed by atoms with E-state index in [-0.39, 0.29) is 28.8 Å². The van der Waals surface area contributed by atoms with Gasteiger partial charge in [0.2, 0.25) is 5.88 Å². The maximum absolute atomic E-state index is 14.1. The average Bonchev–Trinajstić information content (AvgIpc) is 2.77. The van der Waals surface area contributed by atoms with Crippen LogP contribution in [0.4, 0.5) is 10.1 Å². The van der Waals surface area contributed by atoms with Gasteiger partial charge in [0.05, 0.1) is 21.0 Å². The quantitative estimate of drug-likeness (QED) is 0.271. The van der Waals surface area contributed by atoms with Gasteiger partial charge in [0.15, 0.2) is 0 Å². The lowest BCUT2D eigenvalue weighted by molar-refractivity contribution is -0.384. The Hall–Kier alpha value is -3.84. The second-order valence-corrected chi connectivity index (χ2v) is 6.98. The number of hydrogen-bond acceptors (Lipinski definition) is 5. The zero-order valence-electron chi connectivity index (χ0n) is 16.0. The zero-order valence-corrected chi connectivity index (χ0v) is 16.8. The monoisotopic (exact) mass is 435 g/mol. The molecular weight excluding hydrogens is 421 g/mol. The van der Waals surface area contributed by atoms with E-state index in [1.807, 2.05) is 18.2 Å². The van der Waals surface area contributed by atoms with Crippen molar-refractivity contribution in [1.29, 1.82) is 0 Å². The molecule has 4 aromatic rings. The maximum Gasteiger partial charge on any atom is 0.270 e. The van der Waals surface area contributed by atoms with Gasteiger partial charge in [-0.05, 0) is 35.9 Å². The van der Waals surface area contributed by atoms with Crippen molar-refractivity contribution in [2.24, 2.45) is 0 Å². The SMILES string of the molecule is O=[N+]([O-])c1cccc(/C=C/c2nc3ccccc3nc2OCc2c(F)cccc2Cl)c1. The lowest BCUT2D eigenvalue weighted by Gasteiger charge is -2.11. The van der Waals surface area contributed by atoms with E-state index in [9.17, 15) is 14.5 Å². The van der Waals surface area contributed by atoms with Crippen molar-refractivity contribution in [3.05, 3.63) is 105 Å². The third-order valence-corrected chi connectivity index (χ3v) is 4.85. The topological polar surface area (TPSA) is 78.2 Å². The molecule has 4 rings (SSSR count). The van der Waals surface area contributed by atoms with Gasteiger partial charge in [-0.3, -0.25) is 10.1 Å². The summed E-state index contributed by atoms with van der Waals surface area (Å²) in [4.78, 5) is 19.6. The van der Waals surface area contributed by atoms with Gasteiger partial charge in [0, 0.05) is 17.7 Å². The molecule has 0 amide bonds. The second kappa shape index (κ2) is 8.89. The molecule has 0 spiro atoms. The molecule has 1 aromatic heterocycles. The summed E-state index contributed by atoms with van der Waals surface area (Å²) in [5.74, 6) is -0.283. The van der Waals surface area contributed by atoms with Gasteiger partial charge in [-0.2, -0.15) is 0 Å². The van der Waals surface area contributed by atoms with E-state index < -0.39 is 10.7 Å². The number of hydrogen-bond donors (Lipinski definition) is 0. The molecule has 0 radical (unpaired) electrons. The molecule has 0 atom stereocenters. The van der Waals surface area contributed by atoms with Crippen molar-refractivity contribution >= 4 is 40.5 Å². The summed E-state index contributed by atoms with van der Waals surface area (Å²) in [7, 11) is 0. The van der Waals surface area contributed by atoms with Crippen LogP contribution < -0.4 is 4.74 Å². The summed E-state index contributed by atoms with van der Waals surface area (Å²) in [6.45, 7) is -0.129. The molecule has 0 N–H and O–H groups in total. The molecule has 0 aliphatic carbocycles. The minimum Gasteiger partial charge on any atom is -0.471 e. The van der Waals surface area contributed by atoms with Crippen LogP contribution in [-0.4, -0.2) is 14.9 Å². The lowest BCUT2D eigenvalue weighted by atomic mass is 10.1. The van der Waals surface area contributed by atoms with E-state index in [2.05, 4.69) is 9.97 Å². The fourth-order valence-electron chi connectivity index (χ4n) is 2.94. The summed E-state index contributed by atoms with van der Waals surface area (Å²) in [6, 6.07) is 17.9. The molecule has 0 aliphatic rings. The number of fused-ring (bicyclic) bond motifs is 1. The van der Waals surface area contributed by atoms with Crippen molar-refractivity contribution < 1.29 is 14.1 Å². The molecule has 0 saturated heterocycles. The number of nitro benzene ring substituents is 1. The molecular formula is C23H15ClFN3O3. The van der Waals surface area contributed by atoms with Gasteiger partial charge < -0.3 is 4.74 Å². The normalized spacial score (nSPS) is 11.2. The largest absolute Gasteiger partial charge is 0.471 e. The minimum atomic E-state index is -0.477. The molecule has 3 aromatic carbocycles. The van der Waals surface area contributed by atoms with Crippen LogP contribution >= 0.6 is 11.6 Å². The summed E-state index contributed by atoms with van der Waals surface area (Å²) >= 11 is 6.09. The predicted octanol–water partition coefficient (Wildman–Crippen LogP) is 6.08. The number of halogens is 2. The first kappa shape index (κ1) is 20.4. The van der Waals surface area contributed by atoms with E-state index in [0.29, 0.717) is 22.3 Å². The maximum atomic E-state index is 14.1. The Morgan fingerprint density at radius 1 is 1.00 bits per heavy atom. The molecule has 154 valence electrons. The van der Waals surface area contributed by atoms with Gasteiger partial charge in [-0.15, -0.1) is 0 Å². The molecule has 0 aliphatic heterocycles. The standard InChI is InChI=1S/C23H15ClFN3O3/c24-18-7-4-8-19(25)17(18)14-31-23-22(26-20-9-1-2-10-21(20)27-23)12-11-15-5-3-6-16(13-15)28(29)30/h1-13H,14H2/b12-11+. The first-order valence-electron chi connectivity index (χ1n) is 9.26. The van der Waals surface area contributed by atoms with Crippen LogP contribution in [0.5, 0.6) is 5.88 Å². The van der Waals surface area contributed by atoms with Crippen LogP contribution in [0.2, 0.25) is 5.02 Å². The number of benzene rings is 3. The van der Waals surface area contributed by atoms with Crippen molar-refractivity contribution in [3.63, 3.8) is 0 Å². The first-order chi connectivity index (χ1) is 15.0. The van der Waals surface area contributed by atoms with E-state index in [0.717, 1.165) is 0 Å². The third-order valence-electron chi connectivity index (χ3n) is 4.49. The zero-order chi connectivity index (χ0) is 21.8. The fourth-order valence-corrected chi connectivity index (χ4v) is 3.16. The summed E-state index contributed by atoms with van der Waals surface area (Å²) in [5, 5.41) is 11.3. The van der Waals surface area contributed by atoms with Crippen LogP contribution in [0, 0.1) is 15.9 Å². The third kappa shape index (κ3) is 4.67. The summed E-state index contributed by atoms with van der Waals surface area (Å²) in [6.07, 6.45) is 3.32. The average molecular weight is 436 g/mol. The van der Waals surface area contributed by atoms with Gasteiger partial charge in [-0.1, -0.05) is 48.0 Å². The van der Waals surface area contributed by atoms with Crippen molar-refractivity contribution in [1.82, 2.24) is 9.97 Å². The van der Waals surface area contributed by atoms with E-state index in [1.54, 1.807) is 36.4 Å². The molecule has 1 heterocycles. The fraction of sp³-hybridized carbons (Fsp3) is 0.0435. The van der Waals surface area contributed by atoms with Crippen LogP contribution in [0.1, 0.15) is 16.8 Å². The van der Waals surface area contributed by atoms with E-state index in [4.69, 9.17) is 16.3 Å². The van der Waals surface area contributed by atoms with Crippen molar-refractivity contribution in [3.8, 4) is 5.88 Å². The Labute approximate surface area is 181 Å². The first-order valence-corrected chi connectivity index (χ1v) is 9.64. The number of aromatic nitrogens is 2. The molecule has 31 heavy (non-hydrogen) atoms. The molecule has 0 bridgehead atoms. The van der Waals surface area contributed by atoms with Gasteiger partial charge in [0.25, 0.3) is 5.69 Å². The van der Waals surface area contributed by atoms with Crippen LogP contribution in [0.3, 0.4) is 0 Å². The highest BCUT2D eigenvalue weighted by atomic mass is 35.5. The number of nitro groups is 1. The minimum absolute atomic E-state index is 0.0163. The van der Waals surface area contributed by atoms with Gasteiger partial charge in [0.1, 0.15) is 18.1 Å². The number of nitrogens with zero attached hydrogens (tertiary/aromatic N) is 3. The van der Waals surface area contributed by atoms with E-state index in [1.165, 1.54) is 24.3 Å². The summed E-state index contributed by atoms with van der Waals surface area (Å²) < 4.78 is 19.9. The van der Waals surface area contributed by atoms with Gasteiger partial charge >= 0.3 is 0 Å². The number of ether oxygens (including phenoxy) is 1. The highest BCUT2D eigenvalue weighted by Gasteiger charge is 2.12. The smallest absolute Gasteiger partial charge is 0.270 e. The van der Waals surface area contributed by atoms with Crippen LogP contribution in [0.15, 0.2) is 66.7 Å². The van der Waals surface area contributed by atoms with Crippen molar-refractivity contribution in [2.45, 2.75) is 6.61 Å². The van der Waals surface area contributed by atoms with Gasteiger partial charge in [-0.25, -0.2) is 14.4 Å². The molecule has 8 heteroatoms. The van der Waals surface area contributed by atoms with Crippen LogP contribution in [-0.2, 0) is 6.61 Å². The number of rotatable bonds is 6. The second-order valence-electron chi connectivity index (χ2n) is 6.58. The molecule has 6 nitrogen and oxygen atoms in total. The molecule has 0 unspecified atom stereocenters. The number of para-hydroxylation sites is 2. The Balaban J connectivity index is 1.70. The highest BCUT2D eigenvalue weighted by molar-refractivity contribution is 6.31. The Kier molecular flexibility index (Phi) is 5.86. The highest BCUT2D eigenvalue weighted by Crippen LogP contribution is 2.25. The Bertz CT molecular complexity index is 1290. The Morgan fingerprint density at radius 2 is 1.74 bits per heavy atom. The molecule has 0 fully saturated rings. The van der Waals surface area contributed by atoms with Crippen LogP contribution in [0.25, 0.3) is 23.2 Å². The lowest BCUT2D eigenvalue weighted by Crippen LogP contribution is -2.03. The predicted molar refractivity (Wildman–Crippen MR) is 117 cm³/mol. The summed E-state index contributed by atoms with van der Waals surface area (Å²) in [5.41, 5.74) is 2.48. The van der Waals surface area contributed by atoms with Crippen molar-refractivity contribution in [2.75, 3.05) is 0 Å². The molecule has 0 saturated carbocycles. The van der Waals surface area contributed by atoms with E-state index >= 15 is 0 Å². The number of non-ortho nitro benzene ring substituents is 1. The Morgan fingerprint density at radius 3 is 2.48 bits per heavy atom.